The van der Waals surface area contributed by atoms with Crippen LogP contribution in [-0.2, 0) is 14.3 Å². The van der Waals surface area contributed by atoms with Crippen LogP contribution in [0.2, 0.25) is 0 Å². The van der Waals surface area contributed by atoms with E-state index in [1.54, 1.807) is 0 Å². The first-order valence-corrected chi connectivity index (χ1v) is 7.22. The van der Waals surface area contributed by atoms with Crippen molar-refractivity contribution in [3.63, 3.8) is 0 Å². The van der Waals surface area contributed by atoms with Crippen LogP contribution in [0.1, 0.15) is 32.6 Å². The minimum Gasteiger partial charge on any atom is -0.481 e. The number of amides is 1. The molecule has 0 radical (unpaired) electrons. The number of carboxylic acids is 1. The molecule has 0 aromatic rings. The van der Waals surface area contributed by atoms with Crippen molar-refractivity contribution in [1.29, 1.82) is 0 Å². The molecule has 1 aliphatic carbocycles. The summed E-state index contributed by atoms with van der Waals surface area (Å²) >= 11 is 0. The third kappa shape index (κ3) is 3.26. The highest BCUT2D eigenvalue weighted by molar-refractivity contribution is 5.86. The van der Waals surface area contributed by atoms with Crippen LogP contribution in [0.5, 0.6) is 0 Å². The molecule has 3 unspecified atom stereocenters. The van der Waals surface area contributed by atoms with Gasteiger partial charge in [-0.3, -0.25) is 9.59 Å². The fourth-order valence-corrected chi connectivity index (χ4v) is 3.01. The number of aliphatic carboxylic acids is 1. The maximum absolute atomic E-state index is 12.3. The molecule has 2 rings (SSSR count). The zero-order valence-corrected chi connectivity index (χ0v) is 11.5. The van der Waals surface area contributed by atoms with Gasteiger partial charge in [0.25, 0.3) is 0 Å². The number of likely N-dealkylation sites (tertiary alicyclic amines) is 1. The Labute approximate surface area is 113 Å². The standard InChI is InChI=1S/C14H23NO4/c1-2-19-9-10-4-3-7-15(8-10)13(16)11-5-6-12(11)14(17)18/h10-12H,2-9H2,1H3,(H,17,18). The summed E-state index contributed by atoms with van der Waals surface area (Å²) in [6, 6.07) is 0. The van der Waals surface area contributed by atoms with Gasteiger partial charge in [-0.25, -0.2) is 0 Å². The molecule has 19 heavy (non-hydrogen) atoms. The zero-order valence-electron chi connectivity index (χ0n) is 11.5. The predicted octanol–water partition coefficient (Wildman–Crippen LogP) is 1.37. The molecule has 5 nitrogen and oxygen atoms in total. The maximum atomic E-state index is 12.3. The predicted molar refractivity (Wildman–Crippen MR) is 69.6 cm³/mol. The molecule has 0 aromatic carbocycles. The lowest BCUT2D eigenvalue weighted by molar-refractivity contribution is -0.157. The summed E-state index contributed by atoms with van der Waals surface area (Å²) in [4.78, 5) is 25.2. The van der Waals surface area contributed by atoms with Crippen molar-refractivity contribution in [3.05, 3.63) is 0 Å². The van der Waals surface area contributed by atoms with Crippen LogP contribution in [0.15, 0.2) is 0 Å². The van der Waals surface area contributed by atoms with Gasteiger partial charge in [0.15, 0.2) is 0 Å². The van der Waals surface area contributed by atoms with Crippen LogP contribution >= 0.6 is 0 Å². The molecule has 5 heteroatoms. The van der Waals surface area contributed by atoms with Crippen molar-refractivity contribution < 1.29 is 19.4 Å². The fourth-order valence-electron chi connectivity index (χ4n) is 3.01. The number of hydrogen-bond donors (Lipinski definition) is 1. The lowest BCUT2D eigenvalue weighted by Gasteiger charge is -2.39. The highest BCUT2D eigenvalue weighted by Crippen LogP contribution is 2.36. The first-order valence-electron chi connectivity index (χ1n) is 7.22. The first kappa shape index (κ1) is 14.3. The number of hydrogen-bond acceptors (Lipinski definition) is 3. The number of nitrogens with zero attached hydrogens (tertiary/aromatic N) is 1. The van der Waals surface area contributed by atoms with Crippen LogP contribution in [0, 0.1) is 17.8 Å². The number of piperidine rings is 1. The molecular weight excluding hydrogens is 246 g/mol. The summed E-state index contributed by atoms with van der Waals surface area (Å²) in [5.74, 6) is -1.13. The molecular formula is C14H23NO4. The normalized spacial score (nSPS) is 30.8. The summed E-state index contributed by atoms with van der Waals surface area (Å²) in [6.07, 6.45) is 3.45. The fraction of sp³-hybridized carbons (Fsp3) is 0.857. The summed E-state index contributed by atoms with van der Waals surface area (Å²) in [7, 11) is 0. The third-order valence-corrected chi connectivity index (χ3v) is 4.30. The highest BCUT2D eigenvalue weighted by atomic mass is 16.5. The summed E-state index contributed by atoms with van der Waals surface area (Å²) in [6.45, 7) is 4.87. The van der Waals surface area contributed by atoms with Crippen molar-refractivity contribution >= 4 is 11.9 Å². The Kier molecular flexibility index (Phi) is 4.80. The minimum atomic E-state index is -0.826. The van der Waals surface area contributed by atoms with Crippen molar-refractivity contribution in [2.45, 2.75) is 32.6 Å². The second-order valence-electron chi connectivity index (χ2n) is 5.58. The Balaban J connectivity index is 1.86. The van der Waals surface area contributed by atoms with Crippen molar-refractivity contribution in [3.8, 4) is 0 Å². The van der Waals surface area contributed by atoms with Crippen molar-refractivity contribution in [2.75, 3.05) is 26.3 Å². The maximum Gasteiger partial charge on any atom is 0.307 e. The second-order valence-corrected chi connectivity index (χ2v) is 5.58. The minimum absolute atomic E-state index is 0.0415. The molecule has 1 amide bonds. The van der Waals surface area contributed by atoms with Gasteiger partial charge in [0.1, 0.15) is 0 Å². The highest BCUT2D eigenvalue weighted by Gasteiger charge is 2.43. The van der Waals surface area contributed by atoms with E-state index >= 15 is 0 Å². The number of ether oxygens (including phenoxy) is 1. The van der Waals surface area contributed by atoms with E-state index in [-0.39, 0.29) is 11.8 Å². The van der Waals surface area contributed by atoms with Crippen LogP contribution < -0.4 is 0 Å². The van der Waals surface area contributed by atoms with Gasteiger partial charge >= 0.3 is 5.97 Å². The van der Waals surface area contributed by atoms with Crippen LogP contribution in [0.25, 0.3) is 0 Å². The molecule has 2 aliphatic rings. The third-order valence-electron chi connectivity index (χ3n) is 4.30. The van der Waals surface area contributed by atoms with E-state index in [0.29, 0.717) is 25.6 Å². The topological polar surface area (TPSA) is 66.8 Å². The zero-order chi connectivity index (χ0) is 13.8. The van der Waals surface area contributed by atoms with Gasteiger partial charge in [0.05, 0.1) is 18.4 Å². The van der Waals surface area contributed by atoms with Gasteiger partial charge in [-0.1, -0.05) is 0 Å². The SMILES string of the molecule is CCOCC1CCCN(C(=O)C2CCC2C(=O)O)C1. The van der Waals surface area contributed by atoms with Crippen LogP contribution in [0.4, 0.5) is 0 Å². The van der Waals surface area contributed by atoms with Crippen molar-refractivity contribution in [1.82, 2.24) is 4.90 Å². The Morgan fingerprint density at radius 1 is 1.26 bits per heavy atom. The van der Waals surface area contributed by atoms with Gasteiger partial charge < -0.3 is 14.7 Å². The van der Waals surface area contributed by atoms with Gasteiger partial charge in [-0.15, -0.1) is 0 Å². The Morgan fingerprint density at radius 3 is 2.58 bits per heavy atom. The number of rotatable bonds is 5. The lowest BCUT2D eigenvalue weighted by atomic mass is 9.72. The number of carbonyl (C=O) groups excluding carboxylic acids is 1. The summed E-state index contributed by atoms with van der Waals surface area (Å²) < 4.78 is 5.43. The van der Waals surface area contributed by atoms with E-state index in [9.17, 15) is 9.59 Å². The second kappa shape index (κ2) is 6.37. The van der Waals surface area contributed by atoms with E-state index in [1.165, 1.54) is 0 Å². The molecule has 3 atom stereocenters. The number of carboxylic acid groups (broad SMARTS) is 1. The van der Waals surface area contributed by atoms with E-state index < -0.39 is 11.9 Å². The van der Waals surface area contributed by atoms with Gasteiger partial charge in [0.2, 0.25) is 5.91 Å². The van der Waals surface area contributed by atoms with E-state index in [2.05, 4.69) is 0 Å². The molecule has 108 valence electrons. The summed E-state index contributed by atoms with van der Waals surface area (Å²) in [5.41, 5.74) is 0. The largest absolute Gasteiger partial charge is 0.481 e. The average Bonchev–Trinajstić information content (AvgIpc) is 2.34. The monoisotopic (exact) mass is 269 g/mol. The van der Waals surface area contributed by atoms with Crippen LogP contribution in [0.3, 0.4) is 0 Å². The molecule has 0 bridgehead atoms. The molecule has 1 saturated heterocycles. The molecule has 1 saturated carbocycles. The van der Waals surface area contributed by atoms with E-state index in [1.807, 2.05) is 11.8 Å². The molecule has 2 fully saturated rings. The Bertz CT molecular complexity index is 344. The Hall–Kier alpha value is -1.10. The van der Waals surface area contributed by atoms with Crippen molar-refractivity contribution in [2.24, 2.45) is 17.8 Å². The van der Waals surface area contributed by atoms with E-state index in [4.69, 9.17) is 9.84 Å². The van der Waals surface area contributed by atoms with E-state index in [0.717, 1.165) is 32.4 Å². The van der Waals surface area contributed by atoms with Crippen LogP contribution in [-0.4, -0.2) is 48.2 Å². The van der Waals surface area contributed by atoms with Gasteiger partial charge in [0, 0.05) is 19.7 Å². The first-order chi connectivity index (χ1) is 9.13. The molecule has 1 aliphatic heterocycles. The Morgan fingerprint density at radius 2 is 2.00 bits per heavy atom. The van der Waals surface area contributed by atoms with Gasteiger partial charge in [-0.2, -0.15) is 0 Å². The summed E-state index contributed by atoms with van der Waals surface area (Å²) in [5, 5.41) is 9.03. The molecule has 0 spiro atoms. The average molecular weight is 269 g/mol. The van der Waals surface area contributed by atoms with Gasteiger partial charge in [-0.05, 0) is 38.5 Å². The quantitative estimate of drug-likeness (QED) is 0.818. The lowest BCUT2D eigenvalue weighted by Crippen LogP contribution is -2.49. The molecule has 1 heterocycles. The molecule has 1 N–H and O–H groups in total. The number of carbonyl (C=O) groups is 2. The smallest absolute Gasteiger partial charge is 0.307 e. The molecule has 0 aromatic heterocycles.